The lowest BCUT2D eigenvalue weighted by molar-refractivity contribution is -0.335. The molecular formula is C26H38O13. The number of unbranched alkanes of at least 4 members (excludes halogenated alkanes) is 1. The molecule has 0 aromatic carbocycles. The van der Waals surface area contributed by atoms with Crippen molar-refractivity contribution in [2.45, 2.75) is 93.4 Å². The third kappa shape index (κ3) is 9.60. The summed E-state index contributed by atoms with van der Waals surface area (Å²) in [4.78, 5) is 0. The van der Waals surface area contributed by atoms with E-state index in [4.69, 9.17) is 24.1 Å². The molecule has 2 saturated heterocycles. The Kier molecular flexibility index (Phi) is 14.5. The van der Waals surface area contributed by atoms with Crippen molar-refractivity contribution in [3.63, 3.8) is 0 Å². The van der Waals surface area contributed by atoms with Crippen LogP contribution < -0.4 is 0 Å². The van der Waals surface area contributed by atoms with Crippen molar-refractivity contribution >= 4 is 0 Å². The van der Waals surface area contributed by atoms with Crippen LogP contribution in [0.2, 0.25) is 0 Å². The number of aliphatic hydroxyl groups is 9. The highest BCUT2D eigenvalue weighted by Gasteiger charge is 2.48. The lowest BCUT2D eigenvalue weighted by atomic mass is 9.98. The second-order valence-electron chi connectivity index (χ2n) is 8.92. The molecule has 9 N–H and O–H groups in total. The Morgan fingerprint density at radius 1 is 0.846 bits per heavy atom. The van der Waals surface area contributed by atoms with E-state index in [-0.39, 0.29) is 6.61 Å². The molecule has 0 amide bonds. The zero-order valence-corrected chi connectivity index (χ0v) is 21.4. The van der Waals surface area contributed by atoms with Crippen LogP contribution in [-0.2, 0) is 18.9 Å². The molecule has 0 aliphatic carbocycles. The van der Waals surface area contributed by atoms with Crippen molar-refractivity contribution in [2.24, 2.45) is 0 Å². The van der Waals surface area contributed by atoms with Crippen LogP contribution in [0.3, 0.4) is 0 Å². The van der Waals surface area contributed by atoms with Crippen LogP contribution in [0.25, 0.3) is 0 Å². The molecule has 0 aromatic heterocycles. The molecule has 0 spiro atoms. The van der Waals surface area contributed by atoms with E-state index in [0.717, 1.165) is 0 Å². The average molecular weight is 559 g/mol. The maximum atomic E-state index is 10.6. The first kappa shape index (κ1) is 33.3. The molecule has 2 rings (SSSR count). The second kappa shape index (κ2) is 17.0. The molecule has 0 radical (unpaired) electrons. The Labute approximate surface area is 226 Å². The zero-order valence-electron chi connectivity index (χ0n) is 21.4. The van der Waals surface area contributed by atoms with Crippen molar-refractivity contribution in [3.05, 3.63) is 24.3 Å². The molecule has 39 heavy (non-hydrogen) atoms. The summed E-state index contributed by atoms with van der Waals surface area (Å²) in [6.45, 7) is 0.519. The Balaban J connectivity index is 2.13. The van der Waals surface area contributed by atoms with Gasteiger partial charge in [-0.1, -0.05) is 30.1 Å². The third-order valence-corrected chi connectivity index (χ3v) is 6.00. The summed E-state index contributed by atoms with van der Waals surface area (Å²) in [5, 5.41) is 90.1. The lowest BCUT2D eigenvalue weighted by Gasteiger charge is -2.43. The minimum absolute atomic E-state index is 0.0522. The quantitative estimate of drug-likeness (QED) is 0.0677. The minimum atomic E-state index is -1.76. The van der Waals surface area contributed by atoms with Gasteiger partial charge in [0.25, 0.3) is 0 Å². The molecule has 2 fully saturated rings. The molecule has 12 unspecified atom stereocenters. The van der Waals surface area contributed by atoms with E-state index in [1.165, 1.54) is 6.08 Å². The van der Waals surface area contributed by atoms with Gasteiger partial charge in [-0.15, -0.1) is 0 Å². The van der Waals surface area contributed by atoms with Crippen molar-refractivity contribution in [2.75, 3.05) is 19.8 Å². The topological polar surface area (TPSA) is 219 Å². The summed E-state index contributed by atoms with van der Waals surface area (Å²) in [6, 6.07) is 0. The molecule has 2 aliphatic rings. The average Bonchev–Trinajstić information content (AvgIpc) is 2.93. The predicted octanol–water partition coefficient (Wildman–Crippen LogP) is -3.73. The summed E-state index contributed by atoms with van der Waals surface area (Å²) in [5.74, 6) is 10.1. The Morgan fingerprint density at radius 2 is 1.49 bits per heavy atom. The largest absolute Gasteiger partial charge is 0.396 e. The molecular weight excluding hydrogens is 520 g/mol. The molecule has 0 bridgehead atoms. The van der Waals surface area contributed by atoms with Crippen LogP contribution in [-0.4, -0.2) is 139 Å². The van der Waals surface area contributed by atoms with Crippen LogP contribution >= 0.6 is 0 Å². The molecule has 0 aromatic rings. The van der Waals surface area contributed by atoms with Gasteiger partial charge in [0.2, 0.25) is 0 Å². The van der Waals surface area contributed by atoms with Gasteiger partial charge >= 0.3 is 0 Å². The van der Waals surface area contributed by atoms with Gasteiger partial charge in [0.15, 0.2) is 12.6 Å². The van der Waals surface area contributed by atoms with E-state index in [2.05, 4.69) is 23.7 Å². The summed E-state index contributed by atoms with van der Waals surface area (Å²) in [7, 11) is 0. The van der Waals surface area contributed by atoms with E-state index in [1.54, 1.807) is 25.2 Å². The van der Waals surface area contributed by atoms with Crippen molar-refractivity contribution in [3.8, 4) is 23.7 Å². The van der Waals surface area contributed by atoms with E-state index in [9.17, 15) is 40.9 Å². The highest BCUT2D eigenvalue weighted by molar-refractivity contribution is 5.32. The smallest absolute Gasteiger partial charge is 0.187 e. The Bertz CT molecular complexity index is 901. The van der Waals surface area contributed by atoms with Gasteiger partial charge in [0.05, 0.1) is 13.2 Å². The van der Waals surface area contributed by atoms with Gasteiger partial charge in [0.1, 0.15) is 61.0 Å². The first-order chi connectivity index (χ1) is 18.7. The van der Waals surface area contributed by atoms with Crippen LogP contribution in [0.4, 0.5) is 0 Å². The molecule has 2 aliphatic heterocycles. The van der Waals surface area contributed by atoms with E-state index in [1.807, 2.05) is 0 Å². The summed E-state index contributed by atoms with van der Waals surface area (Å²) in [5.41, 5.74) is 0. The zero-order chi connectivity index (χ0) is 28.9. The summed E-state index contributed by atoms with van der Waals surface area (Å²) >= 11 is 0. The van der Waals surface area contributed by atoms with Crippen LogP contribution in [0, 0.1) is 23.7 Å². The van der Waals surface area contributed by atoms with Gasteiger partial charge < -0.3 is 64.9 Å². The van der Waals surface area contributed by atoms with E-state index >= 15 is 0 Å². The first-order valence-electron chi connectivity index (χ1n) is 12.5. The van der Waals surface area contributed by atoms with Crippen molar-refractivity contribution in [1.82, 2.24) is 0 Å². The summed E-state index contributed by atoms with van der Waals surface area (Å²) < 4.78 is 22.0. The van der Waals surface area contributed by atoms with Crippen molar-refractivity contribution < 1.29 is 64.9 Å². The van der Waals surface area contributed by atoms with Crippen molar-refractivity contribution in [1.29, 1.82) is 0 Å². The third-order valence-electron chi connectivity index (χ3n) is 6.00. The fourth-order valence-electron chi connectivity index (χ4n) is 3.73. The first-order valence-corrected chi connectivity index (χ1v) is 12.5. The number of rotatable bonds is 11. The van der Waals surface area contributed by atoms with Crippen LogP contribution in [0.15, 0.2) is 24.3 Å². The number of aliphatic hydroxyl groups excluding tert-OH is 9. The lowest BCUT2D eigenvalue weighted by Crippen LogP contribution is -2.62. The number of hydrogen-bond acceptors (Lipinski definition) is 13. The van der Waals surface area contributed by atoms with Crippen LogP contribution in [0.1, 0.15) is 19.8 Å². The van der Waals surface area contributed by atoms with Gasteiger partial charge in [-0.3, -0.25) is 0 Å². The maximum absolute atomic E-state index is 10.6. The van der Waals surface area contributed by atoms with Crippen LogP contribution in [0.5, 0.6) is 0 Å². The maximum Gasteiger partial charge on any atom is 0.187 e. The molecule has 13 heteroatoms. The fraction of sp³-hybridized carbons (Fsp3) is 0.692. The number of allylic oxidation sites excluding steroid dienone is 3. The van der Waals surface area contributed by atoms with Gasteiger partial charge in [-0.2, -0.15) is 0 Å². The number of hydrogen-bond donors (Lipinski definition) is 9. The van der Waals surface area contributed by atoms with E-state index < -0.39 is 86.8 Å². The highest BCUT2D eigenvalue weighted by atomic mass is 16.7. The highest BCUT2D eigenvalue weighted by Crippen LogP contribution is 2.27. The van der Waals surface area contributed by atoms with E-state index in [0.29, 0.717) is 12.8 Å². The summed E-state index contributed by atoms with van der Waals surface area (Å²) in [6.07, 6.45) is -11.2. The Hall–Kier alpha value is -1.92. The Morgan fingerprint density at radius 3 is 2.13 bits per heavy atom. The van der Waals surface area contributed by atoms with Gasteiger partial charge in [-0.25, -0.2) is 0 Å². The van der Waals surface area contributed by atoms with Gasteiger partial charge in [-0.05, 0) is 37.7 Å². The predicted molar refractivity (Wildman–Crippen MR) is 133 cm³/mol. The standard InChI is InChI=1S/C26H38O13/c1-2-3-4-5-7-10-15(29)16(11-8-6-9-12-27)37-26-24(35)22(33)20(31)18(39-26)14-36-25-23(34)21(32)19(30)17(13-28)38-25/h2-3,8,11,15-35H,6,9,12-14H2,1H3. The van der Waals surface area contributed by atoms with Gasteiger partial charge in [0, 0.05) is 6.61 Å². The number of ether oxygens (including phenoxy) is 4. The molecule has 0 saturated carbocycles. The SMILES string of the molecule is CC=CC#CC#CC(O)C(C=CCCCO)OC1OC(COC2OC(CO)C(O)C(O)C2O)C(O)C(O)C1O. The minimum Gasteiger partial charge on any atom is -0.396 e. The molecule has 220 valence electrons. The molecule has 12 atom stereocenters. The monoisotopic (exact) mass is 558 g/mol. The second-order valence-corrected chi connectivity index (χ2v) is 8.92. The fourth-order valence-corrected chi connectivity index (χ4v) is 3.73. The molecule has 2 heterocycles. The molecule has 13 nitrogen and oxygen atoms in total. The normalized spacial score (nSPS) is 36.7.